The zero-order chi connectivity index (χ0) is 24.2. The Bertz CT molecular complexity index is 1040. The second-order valence-electron chi connectivity index (χ2n) is 8.46. The maximum atomic E-state index is 13.5. The number of amides is 2. The van der Waals surface area contributed by atoms with Crippen LogP contribution in [-0.4, -0.2) is 35.9 Å². The number of benzene rings is 3. The van der Waals surface area contributed by atoms with E-state index in [0.717, 1.165) is 29.5 Å². The molecule has 0 saturated carbocycles. The van der Waals surface area contributed by atoms with Gasteiger partial charge in [-0.05, 0) is 42.2 Å². The lowest BCUT2D eigenvalue weighted by Gasteiger charge is -2.31. The van der Waals surface area contributed by atoms with Crippen LogP contribution in [0, 0.1) is 6.92 Å². The van der Waals surface area contributed by atoms with E-state index in [9.17, 15) is 9.59 Å². The molecule has 0 aromatic heterocycles. The van der Waals surface area contributed by atoms with Gasteiger partial charge in [-0.1, -0.05) is 86.1 Å². The molecule has 5 nitrogen and oxygen atoms in total. The Labute approximate surface area is 202 Å². The van der Waals surface area contributed by atoms with E-state index in [1.54, 1.807) is 4.90 Å². The van der Waals surface area contributed by atoms with Crippen LogP contribution in [0.1, 0.15) is 36.5 Å². The molecular weight excluding hydrogens is 424 g/mol. The molecule has 0 aliphatic rings. The normalized spacial score (nSPS) is 11.5. The third-order valence-electron chi connectivity index (χ3n) is 5.65. The summed E-state index contributed by atoms with van der Waals surface area (Å²) in [5.74, 6) is 0.272. The van der Waals surface area contributed by atoms with Crippen molar-refractivity contribution in [1.29, 1.82) is 0 Å². The van der Waals surface area contributed by atoms with Gasteiger partial charge in [0.1, 0.15) is 11.8 Å². The summed E-state index contributed by atoms with van der Waals surface area (Å²) in [5, 5.41) is 3.03. The number of aryl methyl sites for hydroxylation is 1. The van der Waals surface area contributed by atoms with Crippen LogP contribution in [0.25, 0.3) is 0 Å². The summed E-state index contributed by atoms with van der Waals surface area (Å²) in [6, 6.07) is 26.5. The fourth-order valence-corrected chi connectivity index (χ4v) is 3.77. The maximum absolute atomic E-state index is 13.5. The highest BCUT2D eigenvalue weighted by Crippen LogP contribution is 2.17. The zero-order valence-electron chi connectivity index (χ0n) is 20.1. The predicted octanol–water partition coefficient (Wildman–Crippen LogP) is 4.93. The van der Waals surface area contributed by atoms with Gasteiger partial charge in [-0.3, -0.25) is 9.59 Å². The smallest absolute Gasteiger partial charge is 0.261 e. The van der Waals surface area contributed by atoms with Gasteiger partial charge in [0, 0.05) is 19.5 Å². The highest BCUT2D eigenvalue weighted by Gasteiger charge is 2.30. The van der Waals surface area contributed by atoms with E-state index in [-0.39, 0.29) is 18.4 Å². The molecule has 1 N–H and O–H groups in total. The van der Waals surface area contributed by atoms with Crippen LogP contribution in [-0.2, 0) is 22.6 Å². The van der Waals surface area contributed by atoms with Crippen molar-refractivity contribution < 1.29 is 14.3 Å². The number of rotatable bonds is 12. The minimum atomic E-state index is -0.645. The average molecular weight is 459 g/mol. The standard InChI is InChI=1S/C29H34N2O3/c1-3-4-18-30-29(33)27(20-24-13-7-5-8-14-24)31(21-25-15-9-6-10-16-25)28(32)22-34-26-17-11-12-23(2)19-26/h5-17,19,27H,3-4,18,20-22H2,1-2H3,(H,30,33). The number of ether oxygens (including phenoxy) is 1. The van der Waals surface area contributed by atoms with E-state index < -0.39 is 6.04 Å². The number of hydrogen-bond donors (Lipinski definition) is 1. The van der Waals surface area contributed by atoms with Crippen molar-refractivity contribution in [3.63, 3.8) is 0 Å². The van der Waals surface area contributed by atoms with Crippen LogP contribution in [0.15, 0.2) is 84.9 Å². The van der Waals surface area contributed by atoms with Crippen LogP contribution in [0.2, 0.25) is 0 Å². The zero-order valence-corrected chi connectivity index (χ0v) is 20.1. The van der Waals surface area contributed by atoms with E-state index in [4.69, 9.17) is 4.74 Å². The number of hydrogen-bond acceptors (Lipinski definition) is 3. The second-order valence-corrected chi connectivity index (χ2v) is 8.46. The Balaban J connectivity index is 1.85. The van der Waals surface area contributed by atoms with E-state index in [2.05, 4.69) is 12.2 Å². The predicted molar refractivity (Wildman–Crippen MR) is 136 cm³/mol. The Kier molecular flexibility index (Phi) is 9.71. The molecule has 1 atom stereocenters. The van der Waals surface area contributed by atoms with E-state index >= 15 is 0 Å². The highest BCUT2D eigenvalue weighted by molar-refractivity contribution is 5.88. The minimum Gasteiger partial charge on any atom is -0.484 e. The Morgan fingerprint density at radius 2 is 1.59 bits per heavy atom. The fourth-order valence-electron chi connectivity index (χ4n) is 3.77. The summed E-state index contributed by atoms with van der Waals surface area (Å²) in [6.07, 6.45) is 2.31. The van der Waals surface area contributed by atoms with Gasteiger partial charge in [-0.25, -0.2) is 0 Å². The van der Waals surface area contributed by atoms with Gasteiger partial charge in [0.2, 0.25) is 5.91 Å². The fraction of sp³-hybridized carbons (Fsp3) is 0.310. The van der Waals surface area contributed by atoms with Crippen molar-refractivity contribution in [2.45, 2.75) is 45.7 Å². The summed E-state index contributed by atoms with van der Waals surface area (Å²) < 4.78 is 5.82. The van der Waals surface area contributed by atoms with Crippen molar-refractivity contribution in [1.82, 2.24) is 10.2 Å². The van der Waals surface area contributed by atoms with Crippen molar-refractivity contribution in [2.75, 3.05) is 13.2 Å². The molecule has 0 bridgehead atoms. The quantitative estimate of drug-likeness (QED) is 0.392. The van der Waals surface area contributed by atoms with Crippen molar-refractivity contribution >= 4 is 11.8 Å². The number of nitrogens with one attached hydrogen (secondary N) is 1. The third-order valence-corrected chi connectivity index (χ3v) is 5.65. The van der Waals surface area contributed by atoms with Crippen molar-refractivity contribution in [2.24, 2.45) is 0 Å². The molecule has 1 unspecified atom stereocenters. The largest absolute Gasteiger partial charge is 0.484 e. The van der Waals surface area contributed by atoms with Crippen LogP contribution in [0.4, 0.5) is 0 Å². The first-order chi connectivity index (χ1) is 16.6. The van der Waals surface area contributed by atoms with Crippen LogP contribution in [0.5, 0.6) is 5.75 Å². The molecule has 0 aliphatic carbocycles. The molecule has 2 amide bonds. The lowest BCUT2D eigenvalue weighted by atomic mass is 10.0. The second kappa shape index (κ2) is 13.2. The third kappa shape index (κ3) is 7.77. The molecule has 0 spiro atoms. The SMILES string of the molecule is CCCCNC(=O)C(Cc1ccccc1)N(Cc1ccccc1)C(=O)COc1cccc(C)c1. The first-order valence-electron chi connectivity index (χ1n) is 11.9. The van der Waals surface area contributed by atoms with Gasteiger partial charge in [-0.15, -0.1) is 0 Å². The highest BCUT2D eigenvalue weighted by atomic mass is 16.5. The molecule has 0 saturated heterocycles. The molecule has 5 heteroatoms. The average Bonchev–Trinajstić information content (AvgIpc) is 2.86. The first kappa shape index (κ1) is 25.0. The molecular formula is C29H34N2O3. The monoisotopic (exact) mass is 458 g/mol. The van der Waals surface area contributed by atoms with Gasteiger partial charge >= 0.3 is 0 Å². The number of carbonyl (C=O) groups is 2. The maximum Gasteiger partial charge on any atom is 0.261 e. The van der Waals surface area contributed by atoms with E-state index in [1.807, 2.05) is 91.9 Å². The summed E-state index contributed by atoms with van der Waals surface area (Å²) in [5.41, 5.74) is 3.03. The molecule has 178 valence electrons. The molecule has 0 radical (unpaired) electrons. The molecule has 3 aromatic rings. The van der Waals surface area contributed by atoms with Gasteiger partial charge in [0.05, 0.1) is 0 Å². The lowest BCUT2D eigenvalue weighted by molar-refractivity contribution is -0.142. The molecule has 34 heavy (non-hydrogen) atoms. The number of nitrogens with zero attached hydrogens (tertiary/aromatic N) is 1. The van der Waals surface area contributed by atoms with Gasteiger partial charge in [0.15, 0.2) is 6.61 Å². The van der Waals surface area contributed by atoms with Crippen molar-refractivity contribution in [3.05, 3.63) is 102 Å². The Morgan fingerprint density at radius 3 is 2.24 bits per heavy atom. The molecule has 3 aromatic carbocycles. The lowest BCUT2D eigenvalue weighted by Crippen LogP contribution is -2.51. The number of unbranched alkanes of at least 4 members (excludes halogenated alkanes) is 1. The van der Waals surface area contributed by atoms with Crippen LogP contribution < -0.4 is 10.1 Å². The van der Waals surface area contributed by atoms with Crippen molar-refractivity contribution in [3.8, 4) is 5.75 Å². The van der Waals surface area contributed by atoms with E-state index in [1.165, 1.54) is 0 Å². The van der Waals surface area contributed by atoms with Gasteiger partial charge < -0.3 is 15.0 Å². The molecule has 0 heterocycles. The first-order valence-corrected chi connectivity index (χ1v) is 11.9. The van der Waals surface area contributed by atoms with Gasteiger partial charge in [-0.2, -0.15) is 0 Å². The Hall–Kier alpha value is -3.60. The van der Waals surface area contributed by atoms with Crippen LogP contribution in [0.3, 0.4) is 0 Å². The Morgan fingerprint density at radius 1 is 0.912 bits per heavy atom. The van der Waals surface area contributed by atoms with Crippen LogP contribution >= 0.6 is 0 Å². The molecule has 0 aliphatic heterocycles. The van der Waals surface area contributed by atoms with Gasteiger partial charge in [0.25, 0.3) is 5.91 Å². The summed E-state index contributed by atoms with van der Waals surface area (Å²) >= 11 is 0. The minimum absolute atomic E-state index is 0.135. The summed E-state index contributed by atoms with van der Waals surface area (Å²) in [6.45, 7) is 4.85. The number of carbonyl (C=O) groups excluding carboxylic acids is 2. The summed E-state index contributed by atoms with van der Waals surface area (Å²) in [7, 11) is 0. The topological polar surface area (TPSA) is 58.6 Å². The van der Waals surface area contributed by atoms with E-state index in [0.29, 0.717) is 25.3 Å². The molecule has 3 rings (SSSR count). The summed E-state index contributed by atoms with van der Waals surface area (Å²) in [4.78, 5) is 28.5. The molecule has 0 fully saturated rings.